The van der Waals surface area contributed by atoms with E-state index < -0.39 is 5.41 Å². The van der Waals surface area contributed by atoms with Gasteiger partial charge in [-0.2, -0.15) is 5.26 Å². The second-order valence-electron chi connectivity index (χ2n) is 9.43. The highest BCUT2D eigenvalue weighted by Gasteiger charge is 2.21. The first-order valence-corrected chi connectivity index (χ1v) is 11.6. The van der Waals surface area contributed by atoms with Gasteiger partial charge >= 0.3 is 5.69 Å². The van der Waals surface area contributed by atoms with E-state index in [2.05, 4.69) is 22.1 Å². The molecule has 7 heteroatoms. The summed E-state index contributed by atoms with van der Waals surface area (Å²) < 4.78 is 3.25. The molecule has 4 aromatic heterocycles. The number of hydrogen-bond acceptors (Lipinski definition) is 5. The van der Waals surface area contributed by atoms with Gasteiger partial charge in [-0.25, -0.2) is 9.78 Å². The Bertz CT molecular complexity index is 1910. The summed E-state index contributed by atoms with van der Waals surface area (Å²) in [7, 11) is 1.74. The van der Waals surface area contributed by atoms with Gasteiger partial charge in [0.25, 0.3) is 0 Å². The van der Waals surface area contributed by atoms with Crippen molar-refractivity contribution in [3.63, 3.8) is 0 Å². The fourth-order valence-corrected chi connectivity index (χ4v) is 4.56. The van der Waals surface area contributed by atoms with Crippen molar-refractivity contribution in [2.75, 3.05) is 0 Å². The predicted molar refractivity (Wildman–Crippen MR) is 141 cm³/mol. The highest BCUT2D eigenvalue weighted by atomic mass is 16.1. The number of aryl methyl sites for hydroxylation is 1. The molecule has 6 aromatic rings. The van der Waals surface area contributed by atoms with Gasteiger partial charge in [0.05, 0.1) is 45.6 Å². The van der Waals surface area contributed by atoms with Gasteiger partial charge in [0.15, 0.2) is 0 Å². The zero-order valence-corrected chi connectivity index (χ0v) is 20.1. The maximum Gasteiger partial charge on any atom is 0.333 e. The summed E-state index contributed by atoms with van der Waals surface area (Å²) in [4.78, 5) is 27.5. The molecule has 7 nitrogen and oxygen atoms in total. The molecule has 6 rings (SSSR count). The van der Waals surface area contributed by atoms with E-state index in [9.17, 15) is 10.1 Å². The summed E-state index contributed by atoms with van der Waals surface area (Å²) in [6, 6.07) is 23.7. The van der Waals surface area contributed by atoms with E-state index in [0.717, 1.165) is 27.7 Å². The van der Waals surface area contributed by atoms with E-state index in [4.69, 9.17) is 4.98 Å². The van der Waals surface area contributed by atoms with Crippen LogP contribution in [0.1, 0.15) is 19.4 Å². The SMILES string of the molecule is Cn1c(=O)n(-c2ccc(C(C)(C)C#N)cc2)c2c3nc(-c4cnc5ccccc5c4)ccc3ncc21. The molecule has 0 radical (unpaired) electrons. The van der Waals surface area contributed by atoms with Crippen molar-refractivity contribution in [1.29, 1.82) is 5.26 Å². The van der Waals surface area contributed by atoms with E-state index in [0.29, 0.717) is 27.8 Å². The average Bonchev–Trinajstić information content (AvgIpc) is 3.18. The number of aromatic nitrogens is 5. The summed E-state index contributed by atoms with van der Waals surface area (Å²) in [6.07, 6.45) is 3.53. The van der Waals surface area contributed by atoms with Crippen LogP contribution in [0.4, 0.5) is 0 Å². The minimum absolute atomic E-state index is 0.189. The summed E-state index contributed by atoms with van der Waals surface area (Å²) in [5.41, 5.74) is 6.06. The molecule has 174 valence electrons. The molecule has 0 bridgehead atoms. The van der Waals surface area contributed by atoms with Crippen LogP contribution >= 0.6 is 0 Å². The maximum absolute atomic E-state index is 13.4. The zero-order chi connectivity index (χ0) is 25.0. The summed E-state index contributed by atoms with van der Waals surface area (Å²) in [5, 5.41) is 10.5. The van der Waals surface area contributed by atoms with Gasteiger partial charge in [-0.3, -0.25) is 19.1 Å². The van der Waals surface area contributed by atoms with Crippen LogP contribution in [0.2, 0.25) is 0 Å². The van der Waals surface area contributed by atoms with Crippen LogP contribution in [-0.2, 0) is 12.5 Å². The topological polar surface area (TPSA) is 89.4 Å². The standard InChI is InChI=1S/C29H22N6O/c1-29(2,17-30)20-8-10-21(11-9-20)35-27-25(34(3)28(35)36)16-32-24-13-12-23(33-26(24)27)19-14-18-6-4-5-7-22(18)31-15-19/h4-16H,1-3H3. The lowest BCUT2D eigenvalue weighted by molar-refractivity contribution is 0.686. The Labute approximate surface area is 206 Å². The molecule has 0 unspecified atom stereocenters. The first kappa shape index (κ1) is 21.7. The number of para-hydroxylation sites is 1. The summed E-state index contributed by atoms with van der Waals surface area (Å²) >= 11 is 0. The first-order valence-electron chi connectivity index (χ1n) is 11.6. The molecule has 0 saturated carbocycles. The lowest BCUT2D eigenvalue weighted by Gasteiger charge is -2.16. The Morgan fingerprint density at radius 3 is 2.44 bits per heavy atom. The highest BCUT2D eigenvalue weighted by molar-refractivity contribution is 6.01. The van der Waals surface area contributed by atoms with Crippen molar-refractivity contribution < 1.29 is 0 Å². The third kappa shape index (κ3) is 3.27. The van der Waals surface area contributed by atoms with E-state index >= 15 is 0 Å². The molecule has 0 fully saturated rings. The monoisotopic (exact) mass is 470 g/mol. The minimum Gasteiger partial charge on any atom is -0.293 e. The number of pyridine rings is 3. The van der Waals surface area contributed by atoms with Crippen molar-refractivity contribution in [2.24, 2.45) is 7.05 Å². The molecular weight excluding hydrogens is 448 g/mol. The zero-order valence-electron chi connectivity index (χ0n) is 20.1. The normalized spacial score (nSPS) is 11.8. The smallest absolute Gasteiger partial charge is 0.293 e. The highest BCUT2D eigenvalue weighted by Crippen LogP contribution is 2.29. The molecule has 0 atom stereocenters. The van der Waals surface area contributed by atoms with Crippen LogP contribution in [0.15, 0.2) is 83.9 Å². The quantitative estimate of drug-likeness (QED) is 0.351. The van der Waals surface area contributed by atoms with Crippen LogP contribution in [0, 0.1) is 11.3 Å². The van der Waals surface area contributed by atoms with Gasteiger partial charge in [0.2, 0.25) is 0 Å². The second kappa shape index (κ2) is 7.85. The summed E-state index contributed by atoms with van der Waals surface area (Å²) in [6.45, 7) is 3.75. The third-order valence-electron chi connectivity index (χ3n) is 6.74. The van der Waals surface area contributed by atoms with Crippen molar-refractivity contribution in [1.82, 2.24) is 24.1 Å². The van der Waals surface area contributed by atoms with E-state index in [1.54, 1.807) is 22.4 Å². The Hall–Kier alpha value is -4.83. The Morgan fingerprint density at radius 2 is 1.67 bits per heavy atom. The number of benzene rings is 2. The van der Waals surface area contributed by atoms with Crippen molar-refractivity contribution in [2.45, 2.75) is 19.3 Å². The number of rotatable bonds is 3. The predicted octanol–water partition coefficient (Wildman–Crippen LogP) is 5.29. The number of nitriles is 1. The van der Waals surface area contributed by atoms with E-state index in [-0.39, 0.29) is 5.69 Å². The van der Waals surface area contributed by atoms with E-state index in [1.165, 1.54) is 0 Å². The lowest BCUT2D eigenvalue weighted by Crippen LogP contribution is -2.21. The summed E-state index contributed by atoms with van der Waals surface area (Å²) in [5.74, 6) is 0. The van der Waals surface area contributed by atoms with Crippen LogP contribution in [0.5, 0.6) is 0 Å². The number of nitrogens with zero attached hydrogens (tertiary/aromatic N) is 6. The maximum atomic E-state index is 13.4. The van der Waals surface area contributed by atoms with Gasteiger partial charge < -0.3 is 0 Å². The van der Waals surface area contributed by atoms with Gasteiger partial charge in [-0.1, -0.05) is 30.3 Å². The number of imidazole rings is 1. The van der Waals surface area contributed by atoms with Crippen LogP contribution < -0.4 is 5.69 Å². The third-order valence-corrected chi connectivity index (χ3v) is 6.74. The van der Waals surface area contributed by atoms with E-state index in [1.807, 2.05) is 80.7 Å². The Morgan fingerprint density at radius 1 is 0.917 bits per heavy atom. The second-order valence-corrected chi connectivity index (χ2v) is 9.43. The Kier molecular flexibility index (Phi) is 4.73. The van der Waals surface area contributed by atoms with Crippen LogP contribution in [0.3, 0.4) is 0 Å². The molecule has 0 spiro atoms. The van der Waals surface area contributed by atoms with Crippen LogP contribution in [0.25, 0.3) is 49.9 Å². The first-order chi connectivity index (χ1) is 17.4. The minimum atomic E-state index is -0.622. The fraction of sp³-hybridized carbons (Fsp3) is 0.138. The molecule has 0 amide bonds. The molecule has 0 aliphatic heterocycles. The molecule has 2 aromatic carbocycles. The molecule has 0 N–H and O–H groups in total. The van der Waals surface area contributed by atoms with Gasteiger partial charge in [0, 0.05) is 24.2 Å². The molecule has 36 heavy (non-hydrogen) atoms. The average molecular weight is 471 g/mol. The molecule has 0 saturated heterocycles. The van der Waals surface area contributed by atoms with Gasteiger partial charge in [0.1, 0.15) is 11.0 Å². The van der Waals surface area contributed by atoms with Gasteiger partial charge in [-0.15, -0.1) is 0 Å². The largest absolute Gasteiger partial charge is 0.333 e. The van der Waals surface area contributed by atoms with Crippen molar-refractivity contribution in [3.05, 3.63) is 95.2 Å². The lowest BCUT2D eigenvalue weighted by atomic mass is 9.86. The van der Waals surface area contributed by atoms with Crippen molar-refractivity contribution in [3.8, 4) is 23.0 Å². The van der Waals surface area contributed by atoms with Gasteiger partial charge in [-0.05, 0) is 55.8 Å². The molecule has 0 aliphatic rings. The van der Waals surface area contributed by atoms with Crippen LogP contribution in [-0.4, -0.2) is 24.1 Å². The molecule has 4 heterocycles. The fourth-order valence-electron chi connectivity index (χ4n) is 4.56. The number of hydrogen-bond donors (Lipinski definition) is 0. The molecule has 0 aliphatic carbocycles. The number of fused-ring (bicyclic) bond motifs is 4. The van der Waals surface area contributed by atoms with Crippen molar-refractivity contribution >= 4 is 33.0 Å². The Balaban J connectivity index is 1.59. The molecular formula is C29H22N6O.